The molecular weight excluding hydrogens is 338 g/mol. The molecule has 0 spiro atoms. The fourth-order valence-electron chi connectivity index (χ4n) is 3.82. The highest BCUT2D eigenvalue weighted by Gasteiger charge is 2.72. The molecule has 0 saturated heterocycles. The summed E-state index contributed by atoms with van der Waals surface area (Å²) < 4.78 is 5.62. The summed E-state index contributed by atoms with van der Waals surface area (Å²) in [6, 6.07) is 8.84. The summed E-state index contributed by atoms with van der Waals surface area (Å²) in [5.74, 6) is -2.97. The fraction of sp³-hybridized carbons (Fsp3) is 0.316. The van der Waals surface area contributed by atoms with Gasteiger partial charge in [-0.2, -0.15) is 0 Å². The van der Waals surface area contributed by atoms with E-state index in [1.807, 2.05) is 13.8 Å². The molecular formula is C19H17NO6. The second-order valence-electron chi connectivity index (χ2n) is 6.81. The molecule has 3 atom stereocenters. The lowest BCUT2D eigenvalue weighted by atomic mass is 9.85. The van der Waals surface area contributed by atoms with Gasteiger partial charge in [0.05, 0.1) is 4.92 Å². The number of ether oxygens (including phenoxy) is 1. The number of hydrogen-bond acceptors (Lipinski definition) is 6. The molecule has 0 fully saturated rings. The van der Waals surface area contributed by atoms with Crippen LogP contribution in [0.2, 0.25) is 0 Å². The van der Waals surface area contributed by atoms with Crippen LogP contribution in [0.15, 0.2) is 36.4 Å². The number of ketones is 1. The lowest BCUT2D eigenvalue weighted by molar-refractivity contribution is -0.388. The molecule has 1 aliphatic heterocycles. The van der Waals surface area contributed by atoms with Gasteiger partial charge in [0.15, 0.2) is 0 Å². The number of rotatable bonds is 3. The van der Waals surface area contributed by atoms with Gasteiger partial charge in [0, 0.05) is 17.2 Å². The molecule has 2 aliphatic rings. The molecule has 0 amide bonds. The predicted molar refractivity (Wildman–Crippen MR) is 91.0 cm³/mol. The maximum atomic E-state index is 12.9. The van der Waals surface area contributed by atoms with Crippen LogP contribution in [0.4, 0.5) is 5.69 Å². The van der Waals surface area contributed by atoms with Gasteiger partial charge in [0.1, 0.15) is 11.3 Å². The van der Waals surface area contributed by atoms with Crippen molar-refractivity contribution < 1.29 is 24.7 Å². The van der Waals surface area contributed by atoms with E-state index in [4.69, 9.17) is 4.74 Å². The van der Waals surface area contributed by atoms with E-state index in [9.17, 15) is 25.1 Å². The van der Waals surface area contributed by atoms with Crippen LogP contribution in [-0.2, 0) is 11.4 Å². The van der Waals surface area contributed by atoms with Crippen molar-refractivity contribution in [3.05, 3.63) is 68.8 Å². The molecule has 2 aromatic rings. The minimum absolute atomic E-state index is 0.110. The minimum atomic E-state index is -2.53. The average molecular weight is 355 g/mol. The number of nitro benzene ring substituents is 1. The summed E-state index contributed by atoms with van der Waals surface area (Å²) in [7, 11) is 0. The van der Waals surface area contributed by atoms with Gasteiger partial charge in [-0.15, -0.1) is 0 Å². The van der Waals surface area contributed by atoms with Gasteiger partial charge < -0.3 is 14.9 Å². The first kappa shape index (κ1) is 16.7. The molecule has 0 saturated carbocycles. The van der Waals surface area contributed by atoms with Crippen molar-refractivity contribution in [1.29, 1.82) is 0 Å². The first-order chi connectivity index (χ1) is 12.3. The number of nitrogens with zero attached hydrogens (tertiary/aromatic N) is 1. The van der Waals surface area contributed by atoms with Crippen molar-refractivity contribution in [3.63, 3.8) is 0 Å². The van der Waals surface area contributed by atoms with Crippen LogP contribution >= 0.6 is 0 Å². The van der Waals surface area contributed by atoms with Crippen molar-refractivity contribution in [2.45, 2.75) is 37.6 Å². The minimum Gasteiger partial charge on any atom is -0.453 e. The molecule has 4 rings (SSSR count). The first-order valence-electron chi connectivity index (χ1n) is 8.36. The van der Waals surface area contributed by atoms with E-state index in [-0.39, 0.29) is 28.4 Å². The molecule has 3 unspecified atom stereocenters. The van der Waals surface area contributed by atoms with Gasteiger partial charge >= 0.3 is 0 Å². The van der Waals surface area contributed by atoms with Crippen LogP contribution < -0.4 is 4.74 Å². The van der Waals surface area contributed by atoms with E-state index in [0.29, 0.717) is 0 Å². The number of carbonyl (C=O) groups is 1. The zero-order valence-corrected chi connectivity index (χ0v) is 14.2. The normalized spacial score (nSPS) is 26.7. The molecule has 7 heteroatoms. The molecule has 26 heavy (non-hydrogen) atoms. The van der Waals surface area contributed by atoms with E-state index in [1.54, 1.807) is 18.2 Å². The third-order valence-electron chi connectivity index (χ3n) is 5.48. The Kier molecular flexibility index (Phi) is 3.29. The molecule has 0 aromatic heterocycles. The number of aliphatic hydroxyl groups is 2. The standard InChI is InChI=1S/C19H17NO6/c1-3-10(2)11-7-8-13-15(9-11)26-19(23)16-12(17(21)18(13,19)22)5-4-6-14(16)20(24)25/h4-10,22-23H,3H2,1-2H3. The Labute approximate surface area is 149 Å². The zero-order valence-electron chi connectivity index (χ0n) is 14.2. The van der Waals surface area contributed by atoms with Gasteiger partial charge in [0.25, 0.3) is 11.5 Å². The SMILES string of the molecule is CCC(C)c1ccc2c(c1)OC1(O)c3c(cccc3[N+](=O)[O-])C(=O)C21O. The Bertz CT molecular complexity index is 970. The van der Waals surface area contributed by atoms with Crippen LogP contribution in [0.3, 0.4) is 0 Å². The highest BCUT2D eigenvalue weighted by Crippen LogP contribution is 2.60. The van der Waals surface area contributed by atoms with E-state index in [1.165, 1.54) is 18.2 Å². The van der Waals surface area contributed by atoms with Crippen LogP contribution in [0.5, 0.6) is 5.75 Å². The second kappa shape index (κ2) is 5.12. The van der Waals surface area contributed by atoms with E-state index < -0.39 is 27.8 Å². The molecule has 7 nitrogen and oxygen atoms in total. The summed E-state index contributed by atoms with van der Waals surface area (Å²) in [5, 5.41) is 33.7. The number of benzene rings is 2. The summed E-state index contributed by atoms with van der Waals surface area (Å²) in [4.78, 5) is 23.6. The maximum absolute atomic E-state index is 12.9. The van der Waals surface area contributed by atoms with Gasteiger partial charge in [-0.25, -0.2) is 0 Å². The molecule has 0 radical (unpaired) electrons. The van der Waals surface area contributed by atoms with Crippen molar-refractivity contribution in [2.75, 3.05) is 0 Å². The monoisotopic (exact) mass is 355 g/mol. The highest BCUT2D eigenvalue weighted by molar-refractivity contribution is 6.10. The number of nitro groups is 1. The molecule has 1 aliphatic carbocycles. The lowest BCUT2D eigenvalue weighted by Crippen LogP contribution is -2.48. The van der Waals surface area contributed by atoms with E-state index >= 15 is 0 Å². The van der Waals surface area contributed by atoms with Gasteiger partial charge in [0.2, 0.25) is 11.4 Å². The molecule has 2 N–H and O–H groups in total. The van der Waals surface area contributed by atoms with Crippen LogP contribution in [0, 0.1) is 10.1 Å². The Hall–Kier alpha value is -2.77. The van der Waals surface area contributed by atoms with Crippen LogP contribution in [0.25, 0.3) is 0 Å². The Morgan fingerprint density at radius 1 is 1.27 bits per heavy atom. The molecule has 0 bridgehead atoms. The number of Topliss-reactive ketones (excluding diaryl/α,β-unsaturated/α-hetero) is 1. The van der Waals surface area contributed by atoms with Gasteiger partial charge in [-0.05, 0) is 24.0 Å². The van der Waals surface area contributed by atoms with Gasteiger partial charge in [-0.1, -0.05) is 38.1 Å². The number of fused-ring (bicyclic) bond motifs is 5. The topological polar surface area (TPSA) is 110 Å². The fourth-order valence-corrected chi connectivity index (χ4v) is 3.82. The Balaban J connectivity index is 1.96. The summed E-state index contributed by atoms with van der Waals surface area (Å²) >= 11 is 0. The van der Waals surface area contributed by atoms with E-state index in [2.05, 4.69) is 0 Å². The summed E-state index contributed by atoms with van der Waals surface area (Å²) in [6.45, 7) is 4.05. The number of hydrogen-bond donors (Lipinski definition) is 2. The zero-order chi connectivity index (χ0) is 18.9. The first-order valence-corrected chi connectivity index (χ1v) is 8.36. The number of carbonyl (C=O) groups excluding carboxylic acids is 1. The van der Waals surface area contributed by atoms with Crippen molar-refractivity contribution >= 4 is 11.5 Å². The van der Waals surface area contributed by atoms with Gasteiger partial charge in [-0.3, -0.25) is 14.9 Å². The average Bonchev–Trinajstić information content (AvgIpc) is 2.96. The largest absolute Gasteiger partial charge is 0.453 e. The summed E-state index contributed by atoms with van der Waals surface area (Å²) in [6.07, 6.45) is 0.876. The van der Waals surface area contributed by atoms with Crippen molar-refractivity contribution in [1.82, 2.24) is 0 Å². The van der Waals surface area contributed by atoms with Crippen LogP contribution in [0.1, 0.15) is 53.2 Å². The molecule has 2 aromatic carbocycles. The quantitative estimate of drug-likeness (QED) is 0.647. The summed E-state index contributed by atoms with van der Waals surface area (Å²) in [5.41, 5.74) is -2.26. The smallest absolute Gasteiger partial charge is 0.283 e. The van der Waals surface area contributed by atoms with Crippen molar-refractivity contribution in [3.8, 4) is 5.75 Å². The van der Waals surface area contributed by atoms with E-state index in [0.717, 1.165) is 12.0 Å². The maximum Gasteiger partial charge on any atom is 0.283 e. The van der Waals surface area contributed by atoms with Crippen molar-refractivity contribution in [2.24, 2.45) is 0 Å². The molecule has 1 heterocycles. The Morgan fingerprint density at radius 3 is 2.65 bits per heavy atom. The second-order valence-corrected chi connectivity index (χ2v) is 6.81. The predicted octanol–water partition coefficient (Wildman–Crippen LogP) is 2.73. The Morgan fingerprint density at radius 2 is 2.00 bits per heavy atom. The highest BCUT2D eigenvalue weighted by atomic mass is 16.7. The van der Waals surface area contributed by atoms with Crippen LogP contribution in [-0.4, -0.2) is 20.9 Å². The molecule has 134 valence electrons. The third-order valence-corrected chi connectivity index (χ3v) is 5.48. The third kappa shape index (κ3) is 1.76. The lowest BCUT2D eigenvalue weighted by Gasteiger charge is -2.28.